The Morgan fingerprint density at radius 1 is 1.14 bits per heavy atom. The van der Waals surface area contributed by atoms with Crippen molar-refractivity contribution in [3.8, 4) is 17.2 Å². The van der Waals surface area contributed by atoms with E-state index >= 15 is 0 Å². The Kier molecular flexibility index (Phi) is 8.58. The lowest BCUT2D eigenvalue weighted by molar-refractivity contribution is -0.137. The van der Waals surface area contributed by atoms with Crippen molar-refractivity contribution >= 4 is 25.3 Å². The maximum atomic E-state index is 14.8. The van der Waals surface area contributed by atoms with E-state index in [1.54, 1.807) is 19.2 Å². The number of benzene rings is 2. The van der Waals surface area contributed by atoms with Crippen LogP contribution in [0.1, 0.15) is 55.7 Å². The third-order valence-electron chi connectivity index (χ3n) is 7.00. The molecule has 2 aliphatic rings. The van der Waals surface area contributed by atoms with Gasteiger partial charge in [0.1, 0.15) is 35.3 Å². The Bertz CT molecular complexity index is 1230. The van der Waals surface area contributed by atoms with Crippen molar-refractivity contribution in [1.82, 2.24) is 15.0 Å². The monoisotopic (exact) mass is 528 g/mol. The summed E-state index contributed by atoms with van der Waals surface area (Å²) in [6, 6.07) is 12.2. The highest BCUT2D eigenvalue weighted by molar-refractivity contribution is 7.59. The smallest absolute Gasteiger partial charge is 0.303 e. The number of piperidine rings is 1. The van der Waals surface area contributed by atoms with E-state index in [4.69, 9.17) is 9.47 Å². The molecule has 0 spiro atoms. The van der Waals surface area contributed by atoms with Crippen LogP contribution < -0.4 is 14.4 Å². The van der Waals surface area contributed by atoms with Gasteiger partial charge in [-0.05, 0) is 73.8 Å². The summed E-state index contributed by atoms with van der Waals surface area (Å²) in [6.07, 6.45) is 5.48. The molecule has 0 radical (unpaired) electrons. The van der Waals surface area contributed by atoms with Gasteiger partial charge >= 0.3 is 5.97 Å². The average molecular weight is 529 g/mol. The number of methoxy groups -OCH3 is 1. The fourth-order valence-electron chi connectivity index (χ4n) is 5.00. The molecule has 1 atom stereocenters. The van der Waals surface area contributed by atoms with Crippen molar-refractivity contribution in [2.45, 2.75) is 51.0 Å². The van der Waals surface area contributed by atoms with Crippen LogP contribution in [0.25, 0.3) is 5.69 Å². The minimum Gasteiger partial charge on any atom is -0.497 e. The SMILES string of the molecule is COc1ccc(F)c(-n2nnc(COc3cccc([C@@H](CC(=O)O)C4CC4)c3)c2N2CCCCC2)c1.S. The minimum absolute atomic E-state index is 0. The number of nitrogens with zero attached hydrogens (tertiary/aromatic N) is 4. The molecule has 5 rings (SSSR count). The number of hydrogen-bond acceptors (Lipinski definition) is 6. The number of carboxylic acid groups (broad SMARTS) is 1. The largest absolute Gasteiger partial charge is 0.497 e. The summed E-state index contributed by atoms with van der Waals surface area (Å²) in [7, 11) is 1.54. The number of carboxylic acids is 1. The number of hydrogen-bond donors (Lipinski definition) is 1. The first-order chi connectivity index (χ1) is 17.5. The molecule has 2 fully saturated rings. The zero-order chi connectivity index (χ0) is 25.1. The van der Waals surface area contributed by atoms with Gasteiger partial charge in [-0.3, -0.25) is 4.79 Å². The molecule has 1 aliphatic carbocycles. The maximum Gasteiger partial charge on any atom is 0.303 e. The van der Waals surface area contributed by atoms with Crippen molar-refractivity contribution < 1.29 is 23.8 Å². The van der Waals surface area contributed by atoms with E-state index in [0.717, 1.165) is 56.6 Å². The Morgan fingerprint density at radius 3 is 2.62 bits per heavy atom. The third kappa shape index (κ3) is 6.18. The van der Waals surface area contributed by atoms with Gasteiger partial charge in [-0.1, -0.05) is 17.3 Å². The first-order valence-electron chi connectivity index (χ1n) is 12.5. The highest BCUT2D eigenvalue weighted by Crippen LogP contribution is 2.45. The molecule has 0 amide bonds. The van der Waals surface area contributed by atoms with Crippen molar-refractivity contribution in [3.63, 3.8) is 0 Å². The lowest BCUT2D eigenvalue weighted by atomic mass is 9.91. The molecule has 0 bridgehead atoms. The molecule has 0 unspecified atom stereocenters. The minimum atomic E-state index is -0.786. The van der Waals surface area contributed by atoms with Crippen LogP contribution in [0.5, 0.6) is 11.5 Å². The predicted molar refractivity (Wildman–Crippen MR) is 143 cm³/mol. The summed E-state index contributed by atoms with van der Waals surface area (Å²) in [5.74, 6) is 1.11. The summed E-state index contributed by atoms with van der Waals surface area (Å²) in [6.45, 7) is 1.83. The van der Waals surface area contributed by atoms with Crippen LogP contribution >= 0.6 is 13.5 Å². The molecular formula is C27H33FN4O4S. The van der Waals surface area contributed by atoms with E-state index in [-0.39, 0.29) is 38.1 Å². The highest BCUT2D eigenvalue weighted by atomic mass is 32.1. The first-order valence-corrected chi connectivity index (χ1v) is 12.5. The summed E-state index contributed by atoms with van der Waals surface area (Å²) in [4.78, 5) is 13.6. The van der Waals surface area contributed by atoms with Crippen LogP contribution in [0.3, 0.4) is 0 Å². The normalized spacial score (nSPS) is 16.1. The van der Waals surface area contributed by atoms with E-state index < -0.39 is 11.8 Å². The summed E-state index contributed by atoms with van der Waals surface area (Å²) >= 11 is 0. The maximum absolute atomic E-state index is 14.8. The fraction of sp³-hybridized carbons (Fsp3) is 0.444. The molecule has 10 heteroatoms. The number of ether oxygens (including phenoxy) is 2. The number of aromatic nitrogens is 3. The molecule has 2 heterocycles. The lowest BCUT2D eigenvalue weighted by Gasteiger charge is -2.29. The van der Waals surface area contributed by atoms with Gasteiger partial charge in [0.05, 0.1) is 13.5 Å². The van der Waals surface area contributed by atoms with Gasteiger partial charge in [-0.2, -0.15) is 18.2 Å². The molecule has 1 saturated heterocycles. The van der Waals surface area contributed by atoms with Crippen molar-refractivity contribution in [3.05, 3.63) is 59.5 Å². The predicted octanol–water partition coefficient (Wildman–Crippen LogP) is 5.07. The number of rotatable bonds is 10. The summed E-state index contributed by atoms with van der Waals surface area (Å²) < 4.78 is 27.8. The quantitative estimate of drug-likeness (QED) is 0.393. The lowest BCUT2D eigenvalue weighted by Crippen LogP contribution is -2.32. The summed E-state index contributed by atoms with van der Waals surface area (Å²) in [5.41, 5.74) is 1.88. The van der Waals surface area contributed by atoms with Crippen LogP contribution in [-0.2, 0) is 11.4 Å². The molecule has 8 nitrogen and oxygen atoms in total. The van der Waals surface area contributed by atoms with E-state index in [1.165, 1.54) is 10.7 Å². The number of aliphatic carboxylic acids is 1. The second-order valence-corrected chi connectivity index (χ2v) is 9.54. The molecule has 1 aliphatic heterocycles. The molecule has 1 aromatic heterocycles. The molecule has 37 heavy (non-hydrogen) atoms. The van der Waals surface area contributed by atoms with E-state index in [1.807, 2.05) is 24.3 Å². The fourth-order valence-corrected chi connectivity index (χ4v) is 5.00. The van der Waals surface area contributed by atoms with Gasteiger partial charge in [-0.15, -0.1) is 5.10 Å². The molecule has 198 valence electrons. The van der Waals surface area contributed by atoms with Gasteiger partial charge in [-0.25, -0.2) is 4.39 Å². The molecule has 3 aromatic rings. The average Bonchev–Trinajstić information content (AvgIpc) is 3.65. The van der Waals surface area contributed by atoms with Crippen LogP contribution in [0, 0.1) is 11.7 Å². The Balaban J connectivity index is 0.00000320. The second-order valence-electron chi connectivity index (χ2n) is 9.54. The van der Waals surface area contributed by atoms with E-state index in [0.29, 0.717) is 23.1 Å². The zero-order valence-corrected chi connectivity index (χ0v) is 21.9. The topological polar surface area (TPSA) is 89.7 Å². The van der Waals surface area contributed by atoms with Crippen LogP contribution in [-0.4, -0.2) is 46.3 Å². The second kappa shape index (κ2) is 11.9. The first kappa shape index (κ1) is 26.8. The van der Waals surface area contributed by atoms with Gasteiger partial charge in [0, 0.05) is 19.2 Å². The molecule has 1 saturated carbocycles. The molecular weight excluding hydrogens is 495 g/mol. The summed E-state index contributed by atoms with van der Waals surface area (Å²) in [5, 5.41) is 18.0. The van der Waals surface area contributed by atoms with Gasteiger partial charge < -0.3 is 19.5 Å². The van der Waals surface area contributed by atoms with Crippen molar-refractivity contribution in [2.24, 2.45) is 5.92 Å². The third-order valence-corrected chi connectivity index (χ3v) is 7.00. The van der Waals surface area contributed by atoms with E-state index in [2.05, 4.69) is 15.2 Å². The van der Waals surface area contributed by atoms with Crippen LogP contribution in [0.15, 0.2) is 42.5 Å². The van der Waals surface area contributed by atoms with Crippen LogP contribution in [0.2, 0.25) is 0 Å². The van der Waals surface area contributed by atoms with Gasteiger partial charge in [0.2, 0.25) is 0 Å². The number of halogens is 1. The highest BCUT2D eigenvalue weighted by Gasteiger charge is 2.34. The zero-order valence-electron chi connectivity index (χ0n) is 20.9. The van der Waals surface area contributed by atoms with Crippen molar-refractivity contribution in [1.29, 1.82) is 0 Å². The number of anilines is 1. The Morgan fingerprint density at radius 2 is 1.92 bits per heavy atom. The molecule has 1 N–H and O–H groups in total. The standard InChI is InChI=1S/C27H31FN4O4.H2S/c1-35-20-10-11-23(28)25(15-20)32-27(31-12-3-2-4-13-31)24(29-30-32)17-36-21-7-5-6-19(14-21)22(16-26(33)34)18-8-9-18;/h5-7,10-11,14-15,18,22H,2-4,8-9,12-13,16-17H2,1H3,(H,33,34);1H2/t22-;/m0./s1. The Hall–Kier alpha value is -3.27. The van der Waals surface area contributed by atoms with E-state index in [9.17, 15) is 14.3 Å². The number of carbonyl (C=O) groups is 1. The van der Waals surface area contributed by atoms with Gasteiger partial charge in [0.15, 0.2) is 5.82 Å². The molecule has 2 aromatic carbocycles. The van der Waals surface area contributed by atoms with Crippen LogP contribution in [0.4, 0.5) is 10.2 Å². The van der Waals surface area contributed by atoms with Gasteiger partial charge in [0.25, 0.3) is 0 Å². The Labute approximate surface area is 222 Å². The van der Waals surface area contributed by atoms with Crippen molar-refractivity contribution in [2.75, 3.05) is 25.1 Å².